The Morgan fingerprint density at radius 3 is 1.81 bits per heavy atom. The fourth-order valence-electron chi connectivity index (χ4n) is 4.41. The second kappa shape index (κ2) is 9.28. The van der Waals surface area contributed by atoms with E-state index in [1.807, 2.05) is 40.8 Å². The van der Waals surface area contributed by atoms with Crippen LogP contribution >= 0.6 is 11.6 Å². The quantitative estimate of drug-likeness (QED) is 0.537. The van der Waals surface area contributed by atoms with E-state index in [9.17, 15) is 0 Å². The predicted molar refractivity (Wildman–Crippen MR) is 124 cm³/mol. The molecule has 0 unspecified atom stereocenters. The molecule has 5 rings (SSSR count). The summed E-state index contributed by atoms with van der Waals surface area (Å²) in [6.07, 6.45) is 13.0. The van der Waals surface area contributed by atoms with E-state index in [4.69, 9.17) is 21.3 Å². The minimum absolute atomic E-state index is 0.390. The van der Waals surface area contributed by atoms with E-state index in [-0.39, 0.29) is 0 Å². The molecule has 3 aromatic heterocycles. The first-order chi connectivity index (χ1) is 15.7. The van der Waals surface area contributed by atoms with Crippen molar-refractivity contribution < 1.29 is 13.9 Å². The lowest BCUT2D eigenvalue weighted by atomic mass is 10.3. The average molecular weight is 453 g/mol. The highest BCUT2D eigenvalue weighted by Crippen LogP contribution is 2.26. The van der Waals surface area contributed by atoms with Crippen molar-refractivity contribution in [1.29, 1.82) is 0 Å². The zero-order valence-corrected chi connectivity index (χ0v) is 19.2. The Bertz CT molecular complexity index is 1060. The van der Waals surface area contributed by atoms with Gasteiger partial charge in [0.1, 0.15) is 0 Å². The number of hydrogen-bond donors (Lipinski definition) is 0. The third-order valence-electron chi connectivity index (χ3n) is 6.11. The molecule has 0 aliphatic carbocycles. The SMILES string of the molecule is CCOc1nc(-[n+]2ccc(N3CCCC3)cc2)nc(-[n+]2ccc(N3CCCC3)cc2)c1Cl. The zero-order chi connectivity index (χ0) is 21.9. The van der Waals surface area contributed by atoms with Crippen LogP contribution < -0.4 is 23.7 Å². The highest BCUT2D eigenvalue weighted by molar-refractivity contribution is 6.33. The first-order valence-corrected chi connectivity index (χ1v) is 11.8. The number of pyridine rings is 2. The Labute approximate surface area is 193 Å². The number of hydrogen-bond acceptors (Lipinski definition) is 5. The predicted octanol–water partition coefficient (Wildman–Crippen LogP) is 3.28. The number of ether oxygens (including phenoxy) is 1. The number of rotatable bonds is 6. The van der Waals surface area contributed by atoms with Crippen molar-refractivity contribution in [2.45, 2.75) is 32.6 Å². The minimum Gasteiger partial charge on any atom is -0.465 e. The molecule has 0 atom stereocenters. The molecule has 0 N–H and O–H groups in total. The fraction of sp³-hybridized carbons (Fsp3) is 0.417. The Morgan fingerprint density at radius 1 is 0.812 bits per heavy atom. The largest absolute Gasteiger partial charge is 0.481 e. The van der Waals surface area contributed by atoms with Crippen molar-refractivity contribution in [3.63, 3.8) is 0 Å². The van der Waals surface area contributed by atoms with Gasteiger partial charge in [-0.15, -0.1) is 0 Å². The number of nitrogens with zero attached hydrogens (tertiary/aromatic N) is 6. The highest BCUT2D eigenvalue weighted by Gasteiger charge is 2.29. The van der Waals surface area contributed by atoms with Gasteiger partial charge in [0.05, 0.1) is 31.4 Å². The Morgan fingerprint density at radius 2 is 1.31 bits per heavy atom. The first kappa shape index (κ1) is 20.9. The van der Waals surface area contributed by atoms with Crippen molar-refractivity contribution >= 4 is 23.0 Å². The van der Waals surface area contributed by atoms with Gasteiger partial charge in [0.15, 0.2) is 0 Å². The monoisotopic (exact) mass is 452 g/mol. The summed E-state index contributed by atoms with van der Waals surface area (Å²) in [5, 5.41) is 0.406. The van der Waals surface area contributed by atoms with Crippen LogP contribution in [0.1, 0.15) is 32.6 Å². The van der Waals surface area contributed by atoms with Crippen LogP contribution in [0.3, 0.4) is 0 Å². The normalized spacial score (nSPS) is 16.1. The molecule has 3 aromatic rings. The number of aromatic nitrogens is 4. The Balaban J connectivity index is 1.48. The summed E-state index contributed by atoms with van der Waals surface area (Å²) in [4.78, 5) is 14.2. The maximum absolute atomic E-state index is 6.66. The van der Waals surface area contributed by atoms with Gasteiger partial charge in [-0.3, -0.25) is 0 Å². The van der Waals surface area contributed by atoms with E-state index in [2.05, 4.69) is 39.0 Å². The topological polar surface area (TPSA) is 49.3 Å². The van der Waals surface area contributed by atoms with Gasteiger partial charge in [-0.25, -0.2) is 4.57 Å². The van der Waals surface area contributed by atoms with Gasteiger partial charge in [0, 0.05) is 54.7 Å². The van der Waals surface area contributed by atoms with Gasteiger partial charge in [0.25, 0.3) is 0 Å². The van der Waals surface area contributed by atoms with Gasteiger partial charge in [0.2, 0.25) is 5.02 Å². The minimum atomic E-state index is 0.390. The highest BCUT2D eigenvalue weighted by atomic mass is 35.5. The lowest BCUT2D eigenvalue weighted by Crippen LogP contribution is -2.37. The van der Waals surface area contributed by atoms with Crippen LogP contribution in [0.2, 0.25) is 5.02 Å². The van der Waals surface area contributed by atoms with Gasteiger partial charge in [-0.1, -0.05) is 11.6 Å². The lowest BCUT2D eigenvalue weighted by Gasteiger charge is -2.17. The van der Waals surface area contributed by atoms with E-state index in [1.165, 1.54) is 37.1 Å². The van der Waals surface area contributed by atoms with Gasteiger partial charge >= 0.3 is 17.6 Å². The van der Waals surface area contributed by atoms with Gasteiger partial charge < -0.3 is 14.5 Å². The van der Waals surface area contributed by atoms with Crippen LogP contribution in [0.25, 0.3) is 11.8 Å². The van der Waals surface area contributed by atoms with Crippen molar-refractivity contribution in [2.75, 3.05) is 42.6 Å². The fourth-order valence-corrected chi connectivity index (χ4v) is 4.64. The van der Waals surface area contributed by atoms with E-state index in [1.54, 1.807) is 0 Å². The van der Waals surface area contributed by atoms with Crippen molar-refractivity contribution in [1.82, 2.24) is 9.97 Å². The maximum atomic E-state index is 6.66. The molecular formula is C24H29ClN6O+2. The van der Waals surface area contributed by atoms with E-state index in [0.717, 1.165) is 26.2 Å². The van der Waals surface area contributed by atoms with E-state index < -0.39 is 0 Å². The van der Waals surface area contributed by atoms with Crippen LogP contribution in [0.4, 0.5) is 11.4 Å². The van der Waals surface area contributed by atoms with Gasteiger partial charge in [-0.2, -0.15) is 4.57 Å². The zero-order valence-electron chi connectivity index (χ0n) is 18.5. The molecule has 0 saturated carbocycles. The summed E-state index contributed by atoms with van der Waals surface area (Å²) in [7, 11) is 0. The molecule has 8 heteroatoms. The Hall–Kier alpha value is -2.93. The Kier molecular flexibility index (Phi) is 6.08. The van der Waals surface area contributed by atoms with Crippen molar-refractivity contribution in [2.24, 2.45) is 0 Å². The molecule has 0 amide bonds. The van der Waals surface area contributed by atoms with Crippen LogP contribution in [-0.2, 0) is 0 Å². The molecule has 7 nitrogen and oxygen atoms in total. The molecule has 2 aliphatic heterocycles. The molecule has 32 heavy (non-hydrogen) atoms. The number of anilines is 2. The van der Waals surface area contributed by atoms with Gasteiger partial charge in [-0.05, 0) is 49.7 Å². The summed E-state index contributed by atoms with van der Waals surface area (Å²) in [6.45, 7) is 6.86. The summed E-state index contributed by atoms with van der Waals surface area (Å²) < 4.78 is 9.57. The molecular weight excluding hydrogens is 424 g/mol. The summed E-state index contributed by atoms with van der Waals surface area (Å²) in [5.74, 6) is 1.52. The molecule has 0 spiro atoms. The third-order valence-corrected chi connectivity index (χ3v) is 6.44. The van der Waals surface area contributed by atoms with Crippen LogP contribution in [-0.4, -0.2) is 42.8 Å². The van der Waals surface area contributed by atoms with Crippen LogP contribution in [0, 0.1) is 0 Å². The molecule has 0 radical (unpaired) electrons. The smallest absolute Gasteiger partial charge is 0.465 e. The standard InChI is InChI=1S/C24H29ClN6O/c1-2-32-23-21(25)22(30-15-7-19(8-16-30)28-11-3-4-12-28)26-24(27-23)31-17-9-20(10-18-31)29-13-5-6-14-29/h7-10,15-18H,2-6,11-14H2,1H3/q+2. The molecule has 2 aliphatic rings. The maximum Gasteiger partial charge on any atom is 0.481 e. The van der Waals surface area contributed by atoms with Crippen LogP contribution in [0.15, 0.2) is 49.1 Å². The molecule has 5 heterocycles. The first-order valence-electron chi connectivity index (χ1n) is 11.5. The molecule has 0 bridgehead atoms. The average Bonchev–Trinajstić information content (AvgIpc) is 3.56. The van der Waals surface area contributed by atoms with Crippen molar-refractivity contribution in [3.05, 3.63) is 54.1 Å². The summed E-state index contributed by atoms with van der Waals surface area (Å²) in [5.41, 5.74) is 2.45. The second-order valence-electron chi connectivity index (χ2n) is 8.21. The third kappa shape index (κ3) is 4.21. The van der Waals surface area contributed by atoms with Crippen LogP contribution in [0.5, 0.6) is 5.88 Å². The molecule has 166 valence electrons. The molecule has 2 saturated heterocycles. The molecule has 0 aromatic carbocycles. The molecule has 2 fully saturated rings. The lowest BCUT2D eigenvalue weighted by molar-refractivity contribution is -0.614. The summed E-state index contributed by atoms with van der Waals surface area (Å²) >= 11 is 6.66. The number of halogens is 1. The second-order valence-corrected chi connectivity index (χ2v) is 8.59. The summed E-state index contributed by atoms with van der Waals surface area (Å²) in [6, 6.07) is 8.45. The van der Waals surface area contributed by atoms with Crippen molar-refractivity contribution in [3.8, 4) is 17.6 Å². The van der Waals surface area contributed by atoms with E-state index >= 15 is 0 Å². The van der Waals surface area contributed by atoms with E-state index in [0.29, 0.717) is 29.3 Å².